The molecule has 5 heteroatoms. The van der Waals surface area contributed by atoms with Crippen LogP contribution in [0.4, 0.5) is 5.69 Å². The van der Waals surface area contributed by atoms with Crippen molar-refractivity contribution in [2.45, 2.75) is 6.61 Å². The molecule has 1 aliphatic heterocycles. The van der Waals surface area contributed by atoms with E-state index in [1.165, 1.54) is 12.1 Å². The van der Waals surface area contributed by atoms with Gasteiger partial charge in [-0.15, -0.1) is 0 Å². The van der Waals surface area contributed by atoms with Gasteiger partial charge < -0.3 is 4.74 Å². The molecule has 0 unspecified atom stereocenters. The normalized spacial score (nSPS) is 13.7. The molecule has 0 amide bonds. The molecule has 4 nitrogen and oxygen atoms in total. The molecule has 2 aromatic rings. The average Bonchev–Trinajstić information content (AvgIpc) is 2.48. The number of nitro benzene ring substituents is 1. The van der Waals surface area contributed by atoms with Crippen LogP contribution >= 0.6 is 22.6 Å². The zero-order chi connectivity index (χ0) is 14.1. The van der Waals surface area contributed by atoms with Crippen molar-refractivity contribution in [2.24, 2.45) is 0 Å². The van der Waals surface area contributed by atoms with Gasteiger partial charge in [0.15, 0.2) is 0 Å². The Balaban J connectivity index is 2.04. The van der Waals surface area contributed by atoms with Crippen molar-refractivity contribution in [1.82, 2.24) is 0 Å². The number of rotatable bonds is 2. The number of nitrogens with zero attached hydrogens (tertiary/aromatic N) is 1. The Morgan fingerprint density at radius 2 is 1.80 bits per heavy atom. The first-order valence-electron chi connectivity index (χ1n) is 6.02. The van der Waals surface area contributed by atoms with Crippen molar-refractivity contribution in [2.75, 3.05) is 0 Å². The summed E-state index contributed by atoms with van der Waals surface area (Å²) in [6.07, 6.45) is 0. The highest BCUT2D eigenvalue weighted by atomic mass is 127. The van der Waals surface area contributed by atoms with E-state index >= 15 is 0 Å². The van der Waals surface area contributed by atoms with Crippen LogP contribution in [-0.4, -0.2) is 4.92 Å². The molecule has 20 heavy (non-hydrogen) atoms. The minimum Gasteiger partial charge on any atom is -0.487 e. The molecule has 3 rings (SSSR count). The summed E-state index contributed by atoms with van der Waals surface area (Å²) in [4.78, 5) is 10.3. The van der Waals surface area contributed by atoms with E-state index in [9.17, 15) is 10.1 Å². The van der Waals surface area contributed by atoms with Gasteiger partial charge >= 0.3 is 0 Å². The first kappa shape index (κ1) is 13.1. The molecule has 0 fully saturated rings. The molecule has 0 radical (unpaired) electrons. The molecule has 0 spiro atoms. The van der Waals surface area contributed by atoms with Gasteiger partial charge in [0.1, 0.15) is 12.4 Å². The van der Waals surface area contributed by atoms with Gasteiger partial charge in [0.2, 0.25) is 0 Å². The van der Waals surface area contributed by atoms with Crippen LogP contribution in [0, 0.1) is 10.1 Å². The lowest BCUT2D eigenvalue weighted by molar-refractivity contribution is -0.384. The van der Waals surface area contributed by atoms with Crippen molar-refractivity contribution >= 4 is 37.6 Å². The molecule has 100 valence electrons. The standard InChI is InChI=1S/C15H10INO3/c16-14-13-4-2-1-3-11(13)9-20-15(14)10-5-7-12(8-6-10)17(18)19/h1-8H,9H2. The molecule has 0 saturated heterocycles. The highest BCUT2D eigenvalue weighted by molar-refractivity contribution is 14.1. The number of hydrogen-bond donors (Lipinski definition) is 0. The van der Waals surface area contributed by atoms with Gasteiger partial charge in [-0.3, -0.25) is 10.1 Å². The predicted molar refractivity (Wildman–Crippen MR) is 85.2 cm³/mol. The fourth-order valence-electron chi connectivity index (χ4n) is 2.14. The molecule has 1 aliphatic rings. The summed E-state index contributed by atoms with van der Waals surface area (Å²) in [5.74, 6) is 0.777. The molecule has 0 aromatic heterocycles. The summed E-state index contributed by atoms with van der Waals surface area (Å²) in [6, 6.07) is 14.5. The zero-order valence-electron chi connectivity index (χ0n) is 10.4. The Labute approximate surface area is 129 Å². The first-order chi connectivity index (χ1) is 9.66. The fraction of sp³-hybridized carbons (Fsp3) is 0.0667. The third-order valence-corrected chi connectivity index (χ3v) is 4.24. The van der Waals surface area contributed by atoms with Gasteiger partial charge in [-0.25, -0.2) is 0 Å². The maximum Gasteiger partial charge on any atom is 0.269 e. The number of ether oxygens (including phenoxy) is 1. The van der Waals surface area contributed by atoms with Crippen LogP contribution in [0.1, 0.15) is 16.7 Å². The highest BCUT2D eigenvalue weighted by Gasteiger charge is 2.19. The first-order valence-corrected chi connectivity index (χ1v) is 7.10. The summed E-state index contributed by atoms with van der Waals surface area (Å²) < 4.78 is 6.83. The number of nitro groups is 1. The fourth-order valence-corrected chi connectivity index (χ4v) is 3.13. The van der Waals surface area contributed by atoms with Crippen LogP contribution < -0.4 is 0 Å². The monoisotopic (exact) mass is 379 g/mol. The van der Waals surface area contributed by atoms with E-state index < -0.39 is 4.92 Å². The predicted octanol–water partition coefficient (Wildman–Crippen LogP) is 4.39. The Hall–Kier alpha value is -1.89. The van der Waals surface area contributed by atoms with E-state index in [1.54, 1.807) is 12.1 Å². The van der Waals surface area contributed by atoms with Crippen molar-refractivity contribution < 1.29 is 9.66 Å². The maximum absolute atomic E-state index is 10.7. The molecule has 0 atom stereocenters. The van der Waals surface area contributed by atoms with E-state index in [4.69, 9.17) is 4.74 Å². The second kappa shape index (κ2) is 5.24. The molecule has 2 aromatic carbocycles. The van der Waals surface area contributed by atoms with E-state index in [0.29, 0.717) is 6.61 Å². The van der Waals surface area contributed by atoms with E-state index in [-0.39, 0.29) is 5.69 Å². The van der Waals surface area contributed by atoms with Crippen LogP contribution in [0.3, 0.4) is 0 Å². The van der Waals surface area contributed by atoms with Gasteiger partial charge in [0, 0.05) is 17.7 Å². The summed E-state index contributed by atoms with van der Waals surface area (Å²) in [5.41, 5.74) is 3.25. The molecule has 0 aliphatic carbocycles. The third-order valence-electron chi connectivity index (χ3n) is 3.17. The lowest BCUT2D eigenvalue weighted by Crippen LogP contribution is -2.04. The second-order valence-corrected chi connectivity index (χ2v) is 5.47. The Morgan fingerprint density at radius 1 is 1.10 bits per heavy atom. The zero-order valence-corrected chi connectivity index (χ0v) is 12.5. The molecule has 0 N–H and O–H groups in total. The number of non-ortho nitro benzene ring substituents is 1. The quantitative estimate of drug-likeness (QED) is 0.442. The minimum absolute atomic E-state index is 0.0839. The molecule has 0 saturated carbocycles. The van der Waals surface area contributed by atoms with Gasteiger partial charge in [0.05, 0.1) is 8.50 Å². The number of fused-ring (bicyclic) bond motifs is 1. The van der Waals surface area contributed by atoms with Gasteiger partial charge in [-0.1, -0.05) is 24.3 Å². The summed E-state index contributed by atoms with van der Waals surface area (Å²) in [7, 11) is 0. The Kier molecular flexibility index (Phi) is 3.43. The lowest BCUT2D eigenvalue weighted by Gasteiger charge is -2.21. The van der Waals surface area contributed by atoms with Gasteiger partial charge in [-0.2, -0.15) is 0 Å². The molecule has 1 heterocycles. The highest BCUT2D eigenvalue weighted by Crippen LogP contribution is 2.39. The van der Waals surface area contributed by atoms with Gasteiger partial charge in [0.25, 0.3) is 5.69 Å². The molecular formula is C15H10INO3. The second-order valence-electron chi connectivity index (χ2n) is 4.39. The van der Waals surface area contributed by atoms with Crippen molar-refractivity contribution in [1.29, 1.82) is 0 Å². The van der Waals surface area contributed by atoms with Crippen LogP contribution in [0.2, 0.25) is 0 Å². The van der Waals surface area contributed by atoms with Crippen molar-refractivity contribution in [3.8, 4) is 0 Å². The largest absolute Gasteiger partial charge is 0.487 e. The molecule has 0 bridgehead atoms. The maximum atomic E-state index is 10.7. The summed E-state index contributed by atoms with van der Waals surface area (Å²) >= 11 is 2.26. The van der Waals surface area contributed by atoms with Crippen LogP contribution in [0.5, 0.6) is 0 Å². The minimum atomic E-state index is -0.403. The van der Waals surface area contributed by atoms with Crippen LogP contribution in [0.25, 0.3) is 9.34 Å². The van der Waals surface area contributed by atoms with E-state index in [0.717, 1.165) is 26.0 Å². The SMILES string of the molecule is O=[N+]([O-])c1ccc(C2=C(I)c3ccccc3CO2)cc1. The van der Waals surface area contributed by atoms with Crippen LogP contribution in [-0.2, 0) is 11.3 Å². The molecular weight excluding hydrogens is 369 g/mol. The van der Waals surface area contributed by atoms with Crippen molar-refractivity contribution in [3.63, 3.8) is 0 Å². The lowest BCUT2D eigenvalue weighted by atomic mass is 10.0. The van der Waals surface area contributed by atoms with Crippen molar-refractivity contribution in [3.05, 3.63) is 75.3 Å². The average molecular weight is 379 g/mol. The third kappa shape index (κ3) is 2.29. The smallest absolute Gasteiger partial charge is 0.269 e. The number of halogens is 1. The van der Waals surface area contributed by atoms with E-state index in [1.807, 2.05) is 18.2 Å². The van der Waals surface area contributed by atoms with Gasteiger partial charge in [-0.05, 0) is 45.9 Å². The summed E-state index contributed by atoms with van der Waals surface area (Å²) in [5, 5.41) is 10.7. The number of benzene rings is 2. The van der Waals surface area contributed by atoms with E-state index in [2.05, 4.69) is 28.7 Å². The van der Waals surface area contributed by atoms with Crippen LogP contribution in [0.15, 0.2) is 48.5 Å². The Bertz CT molecular complexity index is 707. The summed E-state index contributed by atoms with van der Waals surface area (Å²) in [6.45, 7) is 0.523. The Morgan fingerprint density at radius 3 is 2.50 bits per heavy atom. The topological polar surface area (TPSA) is 52.4 Å². The number of hydrogen-bond acceptors (Lipinski definition) is 3.